The minimum atomic E-state index is -0.316. The van der Waals surface area contributed by atoms with Crippen LogP contribution in [-0.4, -0.2) is 25.1 Å². The van der Waals surface area contributed by atoms with Gasteiger partial charge in [0, 0.05) is 36.3 Å². The molecule has 0 aliphatic carbocycles. The molecule has 158 valence electrons. The van der Waals surface area contributed by atoms with Crippen LogP contribution < -0.4 is 5.32 Å². The molecule has 5 rings (SSSR count). The third-order valence-electron chi connectivity index (χ3n) is 5.35. The molecule has 32 heavy (non-hydrogen) atoms. The van der Waals surface area contributed by atoms with Crippen molar-refractivity contribution in [1.82, 2.24) is 19.2 Å². The van der Waals surface area contributed by atoms with Crippen molar-refractivity contribution in [3.63, 3.8) is 0 Å². The molecule has 1 amide bonds. The number of aryl methyl sites for hydroxylation is 2. The summed E-state index contributed by atoms with van der Waals surface area (Å²) in [6.07, 6.45) is 3.94. The van der Waals surface area contributed by atoms with E-state index >= 15 is 0 Å². The van der Waals surface area contributed by atoms with Crippen molar-refractivity contribution in [2.75, 3.05) is 5.32 Å². The number of aromatic nitrogens is 4. The van der Waals surface area contributed by atoms with E-state index in [1.807, 2.05) is 60.1 Å². The van der Waals surface area contributed by atoms with Crippen molar-refractivity contribution < 1.29 is 9.18 Å². The van der Waals surface area contributed by atoms with Gasteiger partial charge in [0.05, 0.1) is 11.4 Å². The minimum Gasteiger partial charge on any atom is -0.321 e. The fourth-order valence-corrected chi connectivity index (χ4v) is 3.69. The van der Waals surface area contributed by atoms with Crippen molar-refractivity contribution >= 4 is 17.2 Å². The van der Waals surface area contributed by atoms with Gasteiger partial charge in [0.1, 0.15) is 17.2 Å². The van der Waals surface area contributed by atoms with Crippen molar-refractivity contribution in [2.45, 2.75) is 6.92 Å². The average Bonchev–Trinajstić information content (AvgIpc) is 3.39. The van der Waals surface area contributed by atoms with Gasteiger partial charge in [0.2, 0.25) is 0 Å². The number of nitrogens with one attached hydrogen (secondary N) is 1. The number of pyridine rings is 1. The van der Waals surface area contributed by atoms with Gasteiger partial charge in [-0.2, -0.15) is 5.10 Å². The predicted octanol–water partition coefficient (Wildman–Crippen LogP) is 5.10. The van der Waals surface area contributed by atoms with Gasteiger partial charge >= 0.3 is 0 Å². The van der Waals surface area contributed by atoms with Crippen LogP contribution in [-0.2, 0) is 7.05 Å². The Kier molecular flexibility index (Phi) is 4.78. The molecule has 0 atom stereocenters. The topological polar surface area (TPSA) is 64.2 Å². The van der Waals surface area contributed by atoms with Crippen molar-refractivity contribution in [3.8, 4) is 22.5 Å². The van der Waals surface area contributed by atoms with Crippen LogP contribution in [0.25, 0.3) is 28.2 Å². The van der Waals surface area contributed by atoms with Crippen LogP contribution >= 0.6 is 0 Å². The summed E-state index contributed by atoms with van der Waals surface area (Å²) >= 11 is 0. The Morgan fingerprint density at radius 2 is 1.78 bits per heavy atom. The lowest BCUT2D eigenvalue weighted by atomic mass is 10.1. The number of carbonyl (C=O) groups is 1. The van der Waals surface area contributed by atoms with E-state index in [-0.39, 0.29) is 11.7 Å². The molecule has 0 unspecified atom stereocenters. The molecule has 1 N–H and O–H groups in total. The first-order valence-corrected chi connectivity index (χ1v) is 10.1. The lowest BCUT2D eigenvalue weighted by Crippen LogP contribution is -2.16. The summed E-state index contributed by atoms with van der Waals surface area (Å²) in [7, 11) is 1.71. The van der Waals surface area contributed by atoms with Crippen molar-refractivity contribution in [2.24, 2.45) is 7.05 Å². The fraction of sp³-hybridized carbons (Fsp3) is 0.0800. The molecule has 0 aliphatic rings. The lowest BCUT2D eigenvalue weighted by Gasteiger charge is -2.06. The molecule has 3 heterocycles. The van der Waals surface area contributed by atoms with Crippen LogP contribution in [0.5, 0.6) is 0 Å². The maximum Gasteiger partial charge on any atom is 0.273 e. The predicted molar refractivity (Wildman–Crippen MR) is 122 cm³/mol. The Morgan fingerprint density at radius 3 is 2.56 bits per heavy atom. The molecular formula is C25H20FN5O. The Bertz CT molecular complexity index is 1450. The molecule has 7 heteroatoms. The number of hydrogen-bond acceptors (Lipinski definition) is 3. The standard InChI is InChI=1S/C25H20FN5O/c1-16-5-4-12-31-15-22(28-24(16)31)18-6-3-7-20(13-18)27-25(32)23-14-21(29-30(23)2)17-8-10-19(26)11-9-17/h3-15H,1-2H3,(H,27,32). The number of hydrogen-bond donors (Lipinski definition) is 1. The molecular weight excluding hydrogens is 405 g/mol. The average molecular weight is 425 g/mol. The third-order valence-corrected chi connectivity index (χ3v) is 5.35. The van der Waals surface area contributed by atoms with Gasteiger partial charge in [-0.1, -0.05) is 18.2 Å². The molecule has 6 nitrogen and oxygen atoms in total. The molecule has 0 aliphatic heterocycles. The molecule has 0 saturated carbocycles. The Labute approximate surface area is 184 Å². The molecule has 0 radical (unpaired) electrons. The van der Waals surface area contributed by atoms with Crippen LogP contribution in [0.15, 0.2) is 79.1 Å². The number of rotatable bonds is 4. The van der Waals surface area contributed by atoms with Gasteiger partial charge in [-0.3, -0.25) is 9.48 Å². The van der Waals surface area contributed by atoms with E-state index in [0.717, 1.165) is 28.0 Å². The summed E-state index contributed by atoms with van der Waals surface area (Å²) in [5.41, 5.74) is 6.13. The summed E-state index contributed by atoms with van der Waals surface area (Å²) in [6, 6.07) is 19.3. The van der Waals surface area contributed by atoms with E-state index in [1.165, 1.54) is 16.8 Å². The first-order valence-electron chi connectivity index (χ1n) is 10.1. The summed E-state index contributed by atoms with van der Waals surface area (Å²) in [6.45, 7) is 2.02. The summed E-state index contributed by atoms with van der Waals surface area (Å²) in [5, 5.41) is 7.33. The maximum absolute atomic E-state index is 13.2. The molecule has 0 fully saturated rings. The Balaban J connectivity index is 1.40. The smallest absolute Gasteiger partial charge is 0.273 e. The highest BCUT2D eigenvalue weighted by molar-refractivity contribution is 6.04. The first-order chi connectivity index (χ1) is 15.5. The molecule has 0 saturated heterocycles. The second-order valence-corrected chi connectivity index (χ2v) is 7.63. The zero-order valence-electron chi connectivity index (χ0n) is 17.6. The summed E-state index contributed by atoms with van der Waals surface area (Å²) in [5.74, 6) is -0.598. The van der Waals surface area contributed by atoms with E-state index in [4.69, 9.17) is 4.98 Å². The normalized spacial score (nSPS) is 11.1. The molecule has 2 aromatic carbocycles. The van der Waals surface area contributed by atoms with E-state index in [0.29, 0.717) is 17.1 Å². The van der Waals surface area contributed by atoms with Crippen LogP contribution in [0.1, 0.15) is 16.1 Å². The van der Waals surface area contributed by atoms with Gasteiger partial charge < -0.3 is 9.72 Å². The minimum absolute atomic E-state index is 0.281. The largest absolute Gasteiger partial charge is 0.321 e. The maximum atomic E-state index is 13.2. The van der Waals surface area contributed by atoms with E-state index in [2.05, 4.69) is 10.4 Å². The number of anilines is 1. The van der Waals surface area contributed by atoms with Gasteiger partial charge in [0.25, 0.3) is 5.91 Å². The summed E-state index contributed by atoms with van der Waals surface area (Å²) < 4.78 is 16.7. The van der Waals surface area contributed by atoms with E-state index in [9.17, 15) is 9.18 Å². The van der Waals surface area contributed by atoms with E-state index in [1.54, 1.807) is 25.2 Å². The van der Waals surface area contributed by atoms with E-state index < -0.39 is 0 Å². The quantitative estimate of drug-likeness (QED) is 0.436. The number of benzene rings is 2. The SMILES string of the molecule is Cc1cccn2cc(-c3cccc(NC(=O)c4cc(-c5ccc(F)cc5)nn4C)c3)nc12. The Morgan fingerprint density at radius 1 is 0.969 bits per heavy atom. The number of halogens is 1. The van der Waals surface area contributed by atoms with Crippen LogP contribution in [0.4, 0.5) is 10.1 Å². The molecule has 0 bridgehead atoms. The van der Waals surface area contributed by atoms with Crippen molar-refractivity contribution in [3.05, 3.63) is 96.2 Å². The van der Waals surface area contributed by atoms with Gasteiger partial charge in [-0.25, -0.2) is 9.37 Å². The second kappa shape index (κ2) is 7.77. The Hall–Kier alpha value is -4.26. The molecule has 3 aromatic heterocycles. The van der Waals surface area contributed by atoms with Crippen molar-refractivity contribution in [1.29, 1.82) is 0 Å². The second-order valence-electron chi connectivity index (χ2n) is 7.63. The summed E-state index contributed by atoms with van der Waals surface area (Å²) in [4.78, 5) is 17.6. The highest BCUT2D eigenvalue weighted by Crippen LogP contribution is 2.24. The zero-order chi connectivity index (χ0) is 22.2. The van der Waals surface area contributed by atoms with Crippen LogP contribution in [0, 0.1) is 12.7 Å². The molecule has 0 spiro atoms. The van der Waals surface area contributed by atoms with Gasteiger partial charge in [-0.05, 0) is 61.0 Å². The number of carbonyl (C=O) groups excluding carboxylic acids is 1. The third kappa shape index (κ3) is 3.65. The number of amides is 1. The monoisotopic (exact) mass is 425 g/mol. The first kappa shape index (κ1) is 19.7. The number of fused-ring (bicyclic) bond motifs is 1. The lowest BCUT2D eigenvalue weighted by molar-refractivity contribution is 0.101. The highest BCUT2D eigenvalue weighted by atomic mass is 19.1. The van der Waals surface area contributed by atoms with Gasteiger partial charge in [-0.15, -0.1) is 0 Å². The number of imidazole rings is 1. The molecule has 5 aromatic rings. The van der Waals surface area contributed by atoms with Gasteiger partial charge in [0.15, 0.2) is 0 Å². The zero-order valence-corrected chi connectivity index (χ0v) is 17.6. The van der Waals surface area contributed by atoms with Crippen LogP contribution in [0.2, 0.25) is 0 Å². The van der Waals surface area contributed by atoms with Crippen LogP contribution in [0.3, 0.4) is 0 Å². The highest BCUT2D eigenvalue weighted by Gasteiger charge is 2.15. The fourth-order valence-electron chi connectivity index (χ4n) is 3.69. The number of nitrogens with zero attached hydrogens (tertiary/aromatic N) is 4.